The number of anilines is 2. The first-order chi connectivity index (χ1) is 17.3. The first-order valence-electron chi connectivity index (χ1n) is 12.3. The molecule has 1 aliphatic carbocycles. The van der Waals surface area contributed by atoms with Crippen LogP contribution in [-0.4, -0.2) is 30.5 Å². The Hall–Kier alpha value is -2.94. The normalized spacial score (nSPS) is 18.3. The van der Waals surface area contributed by atoms with Crippen LogP contribution in [0.3, 0.4) is 0 Å². The molecule has 0 aliphatic heterocycles. The summed E-state index contributed by atoms with van der Waals surface area (Å²) in [5.41, 5.74) is 9.38. The maximum absolute atomic E-state index is 12.7. The summed E-state index contributed by atoms with van der Waals surface area (Å²) in [4.78, 5) is 9.38. The molecule has 36 heavy (non-hydrogen) atoms. The summed E-state index contributed by atoms with van der Waals surface area (Å²) >= 11 is 6.05. The number of nitrogens with zero attached hydrogens (tertiary/aromatic N) is 2. The van der Waals surface area contributed by atoms with Crippen LogP contribution in [0.25, 0.3) is 12.2 Å². The van der Waals surface area contributed by atoms with E-state index >= 15 is 0 Å². The molecule has 1 fully saturated rings. The van der Waals surface area contributed by atoms with Gasteiger partial charge in [-0.15, -0.1) is 0 Å². The van der Waals surface area contributed by atoms with E-state index in [0.717, 1.165) is 55.3 Å². The van der Waals surface area contributed by atoms with Crippen molar-refractivity contribution in [2.75, 3.05) is 10.0 Å². The summed E-state index contributed by atoms with van der Waals surface area (Å²) in [6.07, 6.45) is 11.8. The number of nitrogens with two attached hydrogens (primary N) is 1. The van der Waals surface area contributed by atoms with Crippen LogP contribution in [0.4, 0.5) is 11.6 Å². The van der Waals surface area contributed by atoms with Gasteiger partial charge in [-0.25, -0.2) is 18.4 Å². The van der Waals surface area contributed by atoms with Crippen LogP contribution in [0.1, 0.15) is 55.8 Å². The van der Waals surface area contributed by atoms with E-state index in [1.54, 1.807) is 30.3 Å². The Morgan fingerprint density at radius 1 is 1.06 bits per heavy atom. The zero-order valence-electron chi connectivity index (χ0n) is 20.3. The Labute approximate surface area is 218 Å². The SMILES string of the molecule is CCCc1nc(N[C@H]2CC[C@H](N)CC2)ncc1/C=C/c1ccc(NS(=O)(=O)c2ccccc2Cl)cc1. The van der Waals surface area contributed by atoms with Crippen molar-refractivity contribution in [2.45, 2.75) is 62.4 Å². The third kappa shape index (κ3) is 6.84. The quantitative estimate of drug-likeness (QED) is 0.329. The molecular formula is C27H32ClN5O2S. The largest absolute Gasteiger partial charge is 0.351 e. The summed E-state index contributed by atoms with van der Waals surface area (Å²) in [6.45, 7) is 2.13. The van der Waals surface area contributed by atoms with Crippen molar-refractivity contribution in [3.05, 3.63) is 76.6 Å². The average molecular weight is 526 g/mol. The average Bonchev–Trinajstić information content (AvgIpc) is 2.86. The van der Waals surface area contributed by atoms with Crippen molar-refractivity contribution in [1.29, 1.82) is 0 Å². The van der Waals surface area contributed by atoms with Gasteiger partial charge >= 0.3 is 0 Å². The molecule has 7 nitrogen and oxygen atoms in total. The second-order valence-corrected chi connectivity index (χ2v) is 11.2. The highest BCUT2D eigenvalue weighted by Gasteiger charge is 2.19. The molecule has 2 aromatic carbocycles. The van der Waals surface area contributed by atoms with E-state index < -0.39 is 10.0 Å². The van der Waals surface area contributed by atoms with E-state index in [9.17, 15) is 8.42 Å². The minimum Gasteiger partial charge on any atom is -0.351 e. The monoisotopic (exact) mass is 525 g/mol. The molecule has 0 atom stereocenters. The van der Waals surface area contributed by atoms with Gasteiger partial charge < -0.3 is 11.1 Å². The van der Waals surface area contributed by atoms with Gasteiger partial charge in [-0.05, 0) is 61.9 Å². The highest BCUT2D eigenvalue weighted by molar-refractivity contribution is 7.92. The van der Waals surface area contributed by atoms with E-state index in [1.165, 1.54) is 6.07 Å². The molecule has 0 amide bonds. The molecule has 9 heteroatoms. The fourth-order valence-corrected chi connectivity index (χ4v) is 5.82. The maximum atomic E-state index is 12.7. The first-order valence-corrected chi connectivity index (χ1v) is 14.1. The Kier molecular flexibility index (Phi) is 8.61. The van der Waals surface area contributed by atoms with Crippen molar-refractivity contribution in [2.24, 2.45) is 5.73 Å². The molecule has 190 valence electrons. The number of benzene rings is 2. The smallest absolute Gasteiger partial charge is 0.263 e. The molecule has 4 N–H and O–H groups in total. The molecule has 1 saturated carbocycles. The molecule has 1 heterocycles. The number of sulfonamides is 1. The number of nitrogens with one attached hydrogen (secondary N) is 2. The van der Waals surface area contributed by atoms with Gasteiger partial charge in [-0.3, -0.25) is 4.72 Å². The van der Waals surface area contributed by atoms with Crippen molar-refractivity contribution in [3.8, 4) is 0 Å². The van der Waals surface area contributed by atoms with Crippen LogP contribution in [0, 0.1) is 0 Å². The minimum absolute atomic E-state index is 0.0455. The number of hydrogen-bond acceptors (Lipinski definition) is 6. The lowest BCUT2D eigenvalue weighted by atomic mass is 9.92. The molecule has 0 bridgehead atoms. The molecule has 1 aromatic heterocycles. The maximum Gasteiger partial charge on any atom is 0.263 e. The topological polar surface area (TPSA) is 110 Å². The van der Waals surface area contributed by atoms with Gasteiger partial charge in [0.15, 0.2) is 0 Å². The standard InChI is InChI=1S/C27H32ClN5O2S/c1-2-5-25-20(18-30-27(32-25)31-22-16-12-21(29)13-17-22)11-8-19-9-14-23(15-10-19)33-36(34,35)26-7-4-3-6-24(26)28/h3-4,6-11,14-15,18,21-22,33H,2,5,12-13,16-17,29H2,1H3,(H,30,31,32)/b11-8+/t21-,22-. The highest BCUT2D eigenvalue weighted by Crippen LogP contribution is 2.24. The molecule has 0 unspecified atom stereocenters. The van der Waals surface area contributed by atoms with Crippen LogP contribution < -0.4 is 15.8 Å². The summed E-state index contributed by atoms with van der Waals surface area (Å²) in [5, 5.41) is 3.65. The van der Waals surface area contributed by atoms with E-state index in [1.807, 2.05) is 30.5 Å². The Bertz CT molecular complexity index is 1300. The lowest BCUT2D eigenvalue weighted by Crippen LogP contribution is -2.33. The number of aromatic nitrogens is 2. The van der Waals surface area contributed by atoms with Crippen molar-refractivity contribution < 1.29 is 8.42 Å². The van der Waals surface area contributed by atoms with Crippen LogP contribution >= 0.6 is 11.6 Å². The molecule has 4 rings (SSSR count). The third-order valence-corrected chi connectivity index (χ3v) is 8.12. The summed E-state index contributed by atoms with van der Waals surface area (Å²) in [7, 11) is -3.77. The summed E-state index contributed by atoms with van der Waals surface area (Å²) < 4.78 is 27.9. The zero-order valence-corrected chi connectivity index (χ0v) is 21.9. The van der Waals surface area contributed by atoms with Gasteiger partial charge in [0.2, 0.25) is 5.95 Å². The van der Waals surface area contributed by atoms with Gasteiger partial charge in [0.25, 0.3) is 10.0 Å². The van der Waals surface area contributed by atoms with Gasteiger partial charge in [0.1, 0.15) is 4.90 Å². The van der Waals surface area contributed by atoms with Crippen molar-refractivity contribution in [3.63, 3.8) is 0 Å². The van der Waals surface area contributed by atoms with E-state index in [2.05, 4.69) is 21.9 Å². The van der Waals surface area contributed by atoms with Gasteiger partial charge in [0, 0.05) is 29.5 Å². The van der Waals surface area contributed by atoms with E-state index in [4.69, 9.17) is 22.3 Å². The zero-order chi connectivity index (χ0) is 25.5. The molecule has 1 aliphatic rings. The third-order valence-electron chi connectivity index (χ3n) is 6.24. The fourth-order valence-electron chi connectivity index (χ4n) is 4.24. The lowest BCUT2D eigenvalue weighted by molar-refractivity contribution is 0.409. The molecule has 0 spiro atoms. The van der Waals surface area contributed by atoms with Crippen LogP contribution in [0.2, 0.25) is 5.02 Å². The second-order valence-electron chi connectivity index (χ2n) is 9.09. The number of hydrogen-bond donors (Lipinski definition) is 3. The predicted molar refractivity (Wildman–Crippen MR) is 148 cm³/mol. The van der Waals surface area contributed by atoms with Crippen molar-refractivity contribution in [1.82, 2.24) is 9.97 Å². The Balaban J connectivity index is 1.44. The molecular weight excluding hydrogens is 494 g/mol. The predicted octanol–water partition coefficient (Wildman–Crippen LogP) is 5.74. The molecule has 3 aromatic rings. The number of halogens is 1. The van der Waals surface area contributed by atoms with Gasteiger partial charge in [0.05, 0.1) is 10.7 Å². The van der Waals surface area contributed by atoms with Crippen LogP contribution in [-0.2, 0) is 16.4 Å². The summed E-state index contributed by atoms with van der Waals surface area (Å²) in [6, 6.07) is 14.2. The second kappa shape index (κ2) is 11.9. The molecule has 0 radical (unpaired) electrons. The number of rotatable bonds is 9. The minimum atomic E-state index is -3.77. The fraction of sp³-hybridized carbons (Fsp3) is 0.333. The van der Waals surface area contributed by atoms with Crippen LogP contribution in [0.15, 0.2) is 59.6 Å². The van der Waals surface area contributed by atoms with Crippen LogP contribution in [0.5, 0.6) is 0 Å². The first kappa shape index (κ1) is 26.1. The molecule has 0 saturated heterocycles. The highest BCUT2D eigenvalue weighted by atomic mass is 35.5. The Morgan fingerprint density at radius 2 is 1.78 bits per heavy atom. The van der Waals surface area contributed by atoms with E-state index in [-0.39, 0.29) is 9.92 Å². The van der Waals surface area contributed by atoms with Gasteiger partial charge in [-0.1, -0.05) is 61.4 Å². The van der Waals surface area contributed by atoms with Crippen molar-refractivity contribution >= 4 is 45.4 Å². The number of aryl methyl sites for hydroxylation is 1. The van der Waals surface area contributed by atoms with E-state index in [0.29, 0.717) is 23.7 Å². The van der Waals surface area contributed by atoms with Gasteiger partial charge in [-0.2, -0.15) is 0 Å². The lowest BCUT2D eigenvalue weighted by Gasteiger charge is -2.26. The Morgan fingerprint density at radius 3 is 2.47 bits per heavy atom. The summed E-state index contributed by atoms with van der Waals surface area (Å²) in [5.74, 6) is 0.672.